The Labute approximate surface area is 494 Å². The minimum atomic E-state index is -1.43. The van der Waals surface area contributed by atoms with Crippen molar-refractivity contribution in [1.29, 1.82) is 0 Å². The molecule has 0 bridgehead atoms. The van der Waals surface area contributed by atoms with Crippen molar-refractivity contribution in [3.05, 3.63) is 167 Å². The van der Waals surface area contributed by atoms with Crippen molar-refractivity contribution in [3.63, 3.8) is 0 Å². The van der Waals surface area contributed by atoms with Gasteiger partial charge in [0.25, 0.3) is 0 Å². The van der Waals surface area contributed by atoms with E-state index < -0.39 is 14.4 Å². The van der Waals surface area contributed by atoms with Gasteiger partial charge >= 0.3 is 50.5 Å². The predicted molar refractivity (Wildman–Crippen MR) is 338 cm³/mol. The fourth-order valence-electron chi connectivity index (χ4n) is 7.76. The number of allylic oxidation sites excluding steroid dienone is 3. The van der Waals surface area contributed by atoms with E-state index in [0.717, 1.165) is 104 Å². The molecule has 2 aromatic heterocycles. The third-order valence-electron chi connectivity index (χ3n) is 10.7. The fraction of sp³-hybridized carbons (Fsp3) is 0.268. The van der Waals surface area contributed by atoms with E-state index >= 15 is 0 Å². The van der Waals surface area contributed by atoms with E-state index in [2.05, 4.69) is 101 Å². The van der Waals surface area contributed by atoms with Gasteiger partial charge in [0.2, 0.25) is 8.32 Å². The average Bonchev–Trinajstić information content (AvgIpc) is 4.26. The second kappa shape index (κ2) is 32.5. The topological polar surface area (TPSA) is 106 Å². The summed E-state index contributed by atoms with van der Waals surface area (Å²) < 4.78 is 32.6. The van der Waals surface area contributed by atoms with Crippen LogP contribution in [-0.2, 0) is 18.8 Å². The number of aliphatic hydroxyl groups is 1. The van der Waals surface area contributed by atoms with Crippen LogP contribution in [0.4, 0.5) is 8.78 Å². The van der Waals surface area contributed by atoms with Crippen LogP contribution in [0.2, 0.25) is 19.6 Å². The molecular formula is C56H59F2I6N2O5Si-. The summed E-state index contributed by atoms with van der Waals surface area (Å²) in [7, 11) is -1.43. The number of rotatable bonds is 15. The van der Waals surface area contributed by atoms with E-state index in [4.69, 9.17) is 14.4 Å². The van der Waals surface area contributed by atoms with Crippen LogP contribution < -0.4 is 13.3 Å². The molecule has 1 atom stereocenters. The number of fused-ring (bicyclic) bond motifs is 2. The smallest absolute Gasteiger partial charge is 0.142 e. The molecule has 2 aliphatic carbocycles. The molecule has 4 aromatic carbocycles. The Hall–Kier alpha value is -2.11. The predicted octanol–water partition coefficient (Wildman–Crippen LogP) is 14.8. The molecule has 2 heterocycles. The molecule has 0 saturated heterocycles. The summed E-state index contributed by atoms with van der Waals surface area (Å²) >= 11 is 9.54. The zero-order valence-corrected chi connectivity index (χ0v) is 55.0. The first-order valence-electron chi connectivity index (χ1n) is 22.8. The van der Waals surface area contributed by atoms with Gasteiger partial charge in [-0.15, -0.1) is 24.0 Å². The van der Waals surface area contributed by atoms with Crippen molar-refractivity contribution < 1.29 is 46.0 Å². The minimum Gasteiger partial charge on any atom is -0.299 e. The van der Waals surface area contributed by atoms with E-state index in [1.807, 2.05) is 80.6 Å². The van der Waals surface area contributed by atoms with E-state index in [0.29, 0.717) is 25.1 Å². The summed E-state index contributed by atoms with van der Waals surface area (Å²) in [5.74, 6) is 0.520. The number of aldehydes is 1. The number of carbonyl (C=O) groups is 3. The normalized spacial score (nSPS) is 13.2. The summed E-state index contributed by atoms with van der Waals surface area (Å²) in [6, 6.07) is 28.7. The molecule has 2 saturated carbocycles. The maximum absolute atomic E-state index is 13.6. The van der Waals surface area contributed by atoms with Crippen molar-refractivity contribution in [1.82, 2.24) is 9.97 Å². The van der Waals surface area contributed by atoms with Gasteiger partial charge in [0.1, 0.15) is 29.5 Å². The standard InChI is InChI=1S/C26H24FNO3.C21H16FNO.C9H18OSi.I3.I2.HI/c1-16(29)14-21(31)15-20(30)12-13-23-25(17-8-10-19(27)11-9-17)22-4-2-3-5-24(22)28-26(23)18-6-7-18;22-16-11-9-14(10-12-16)20-17-4-1-2-6-19(17)23-21(15-7-8-15)18(20)5-3-13-24;1-8(2)7-9(3)10-11(4,5)6;1-3-2;1-2;/h2-5,8-13,18,20,30H,6-7,14-15H2,1H3;1-6,9-13,15H,7-8H2;7H,3H2,1-2,4-6H3;;;1H/q;;;-1;;/b13-12+;5-3+;;;;/t20-;;;;;/m1...../s1. The van der Waals surface area contributed by atoms with Crippen molar-refractivity contribution in [2.24, 2.45) is 0 Å². The third-order valence-corrected chi connectivity index (χ3v) is 11.6. The number of nitrogens with zero attached hydrogens (tertiary/aromatic N) is 2. The Morgan fingerprint density at radius 2 is 1.18 bits per heavy atom. The number of hydrogen-bond acceptors (Lipinski definition) is 7. The monoisotopic (exact) mass is 1670 g/mol. The minimum absolute atomic E-state index is 0. The molecule has 6 aromatic rings. The largest absolute Gasteiger partial charge is 0.299 e. The van der Waals surface area contributed by atoms with Crippen LogP contribution in [0.15, 0.2) is 133 Å². The molecule has 8 rings (SSSR count). The summed E-state index contributed by atoms with van der Waals surface area (Å²) in [6.45, 7) is 15.7. The average molecular weight is 1670 g/mol. The Kier molecular flexibility index (Phi) is 28.9. The molecule has 0 amide bonds. The quantitative estimate of drug-likeness (QED) is 0.0208. The molecule has 384 valence electrons. The molecule has 16 heteroatoms. The van der Waals surface area contributed by atoms with Crippen LogP contribution >= 0.6 is 98.4 Å². The van der Waals surface area contributed by atoms with E-state index in [1.54, 1.807) is 30.3 Å². The molecule has 1 N–H and O–H groups in total. The Balaban J connectivity index is 0.000000296. The SMILES string of the molecule is C=C(C=C(C)C)O[Si](C)(C)C.CC(=O)CC(=O)C[C@H](O)/C=C/c1c(C2CC2)nc2ccccc2c1-c1ccc(F)cc1.I.II.I[I-]I.O=C/C=C/c1c(C2CC2)nc2ccccc2c1-c1ccc(F)cc1. The second-order valence-corrected chi connectivity index (χ2v) is 38.8. The van der Waals surface area contributed by atoms with Crippen molar-refractivity contribution in [2.75, 3.05) is 0 Å². The van der Waals surface area contributed by atoms with Crippen LogP contribution in [0, 0.1) is 11.6 Å². The van der Waals surface area contributed by atoms with Crippen LogP contribution in [0.1, 0.15) is 93.6 Å². The van der Waals surface area contributed by atoms with Gasteiger partial charge < -0.3 is 9.53 Å². The number of hydrogen-bond donors (Lipinski definition) is 1. The number of aromatic nitrogens is 2. The molecule has 72 heavy (non-hydrogen) atoms. The third kappa shape index (κ3) is 21.1. The first-order chi connectivity index (χ1) is 33.9. The molecule has 2 fully saturated rings. The van der Waals surface area contributed by atoms with Gasteiger partial charge in [-0.25, -0.2) is 8.78 Å². The van der Waals surface area contributed by atoms with E-state index in [-0.39, 0.29) is 60.0 Å². The van der Waals surface area contributed by atoms with Gasteiger partial charge in [0, 0.05) is 88.5 Å². The fourth-order valence-corrected chi connectivity index (χ4v) is 8.60. The number of ketones is 2. The summed E-state index contributed by atoms with van der Waals surface area (Å²) in [6.07, 6.45) is 12.6. The van der Waals surface area contributed by atoms with Gasteiger partial charge in [-0.1, -0.05) is 85.0 Å². The van der Waals surface area contributed by atoms with E-state index in [1.165, 1.54) is 42.8 Å². The Bertz CT molecular complexity index is 2860. The first-order valence-corrected chi connectivity index (χ1v) is 45.1. The van der Waals surface area contributed by atoms with Crippen LogP contribution in [0.25, 0.3) is 56.2 Å². The summed E-state index contributed by atoms with van der Waals surface area (Å²) in [5.41, 5.74) is 10.6. The second-order valence-electron chi connectivity index (χ2n) is 18.2. The number of para-hydroxylation sites is 2. The summed E-state index contributed by atoms with van der Waals surface area (Å²) in [4.78, 5) is 43.7. The van der Waals surface area contributed by atoms with Crippen LogP contribution in [0.5, 0.6) is 0 Å². The van der Waals surface area contributed by atoms with Gasteiger partial charge in [-0.05, 0) is 132 Å². The summed E-state index contributed by atoms with van der Waals surface area (Å²) in [5, 5.41) is 12.3. The first kappa shape index (κ1) is 64.2. The Morgan fingerprint density at radius 3 is 1.56 bits per heavy atom. The molecular weight excluding hydrogens is 1610 g/mol. The molecule has 0 aliphatic heterocycles. The van der Waals surface area contributed by atoms with Crippen molar-refractivity contribution in [2.45, 2.75) is 96.9 Å². The maximum Gasteiger partial charge on any atom is 0.142 e. The van der Waals surface area contributed by atoms with Crippen molar-refractivity contribution in [3.8, 4) is 22.3 Å². The van der Waals surface area contributed by atoms with Crippen LogP contribution in [-0.4, -0.2) is 47.3 Å². The number of benzene rings is 4. The van der Waals surface area contributed by atoms with Gasteiger partial charge in [-0.3, -0.25) is 24.4 Å². The number of aliphatic hydroxyl groups excluding tert-OH is 1. The molecule has 7 nitrogen and oxygen atoms in total. The number of pyridine rings is 2. The Morgan fingerprint density at radius 1 is 0.764 bits per heavy atom. The van der Waals surface area contributed by atoms with Gasteiger partial charge in [0.15, 0.2) is 0 Å². The van der Waals surface area contributed by atoms with Gasteiger partial charge in [0.05, 0.1) is 40.7 Å². The number of carbonyl (C=O) groups excluding carboxylic acids is 3. The van der Waals surface area contributed by atoms with Gasteiger partial charge in [-0.2, -0.15) is 0 Å². The zero-order valence-electron chi connectivity index (χ0n) is 40.9. The molecule has 0 unspecified atom stereocenters. The molecule has 2 aliphatic rings. The zero-order chi connectivity index (χ0) is 52.3. The van der Waals surface area contributed by atoms with Crippen LogP contribution in [0.3, 0.4) is 0 Å². The van der Waals surface area contributed by atoms with Crippen molar-refractivity contribution >= 4 is 159 Å². The van der Waals surface area contributed by atoms with E-state index in [9.17, 15) is 28.3 Å². The number of halogens is 8. The molecule has 0 radical (unpaired) electrons. The number of Topliss-reactive ketones (excluding diaryl/α,β-unsaturated/α-hetero) is 2. The molecule has 0 spiro atoms. The maximum atomic E-state index is 13.6.